The van der Waals surface area contributed by atoms with Gasteiger partial charge in [0.05, 0.1) is 16.1 Å². The Morgan fingerprint density at radius 1 is 1.21 bits per heavy atom. The zero-order chi connectivity index (χ0) is 20.6. The third-order valence-electron chi connectivity index (χ3n) is 5.46. The van der Waals surface area contributed by atoms with Crippen molar-refractivity contribution in [2.45, 2.75) is 40.0 Å². The number of benzene rings is 1. The fourth-order valence-corrected chi connectivity index (χ4v) is 5.21. The molecule has 0 fully saturated rings. The summed E-state index contributed by atoms with van der Waals surface area (Å²) in [6.07, 6.45) is 2.86. The highest BCUT2D eigenvalue weighted by Gasteiger charge is 2.34. The van der Waals surface area contributed by atoms with Crippen molar-refractivity contribution in [1.29, 1.82) is 0 Å². The highest BCUT2D eigenvalue weighted by atomic mass is 35.5. The molecule has 1 atom stereocenters. The quantitative estimate of drug-likeness (QED) is 0.714. The maximum Gasteiger partial charge on any atom is 0.257 e. The van der Waals surface area contributed by atoms with Gasteiger partial charge in [-0.1, -0.05) is 44.5 Å². The van der Waals surface area contributed by atoms with E-state index in [1.54, 1.807) is 43.3 Å². The molecule has 1 aliphatic rings. The van der Waals surface area contributed by atoms with Gasteiger partial charge in [0.25, 0.3) is 11.8 Å². The number of halogens is 1. The van der Waals surface area contributed by atoms with E-state index in [0.29, 0.717) is 27.1 Å². The molecular formula is C22H27ClN2O2S. The Morgan fingerprint density at radius 3 is 2.50 bits per heavy atom. The van der Waals surface area contributed by atoms with Gasteiger partial charge in [-0.05, 0) is 48.3 Å². The van der Waals surface area contributed by atoms with Crippen molar-refractivity contribution in [1.82, 2.24) is 4.90 Å². The monoisotopic (exact) mass is 418 g/mol. The molecule has 0 aliphatic heterocycles. The van der Waals surface area contributed by atoms with Crippen LogP contribution in [0.15, 0.2) is 24.3 Å². The predicted octanol–water partition coefficient (Wildman–Crippen LogP) is 5.51. The fraction of sp³-hybridized carbons (Fsp3) is 0.455. The number of fused-ring (bicyclic) bond motifs is 1. The van der Waals surface area contributed by atoms with Crippen molar-refractivity contribution < 1.29 is 9.59 Å². The third-order valence-corrected chi connectivity index (χ3v) is 6.95. The average Bonchev–Trinajstić information content (AvgIpc) is 2.97. The van der Waals surface area contributed by atoms with Crippen LogP contribution in [0.1, 0.15) is 58.3 Å². The summed E-state index contributed by atoms with van der Waals surface area (Å²) in [5, 5.41) is 3.99. The molecular weight excluding hydrogens is 392 g/mol. The first-order chi connectivity index (χ1) is 13.1. The van der Waals surface area contributed by atoms with Crippen LogP contribution in [-0.4, -0.2) is 30.8 Å². The lowest BCUT2D eigenvalue weighted by atomic mass is 9.72. The van der Waals surface area contributed by atoms with E-state index in [-0.39, 0.29) is 17.2 Å². The zero-order valence-corrected chi connectivity index (χ0v) is 18.6. The molecule has 1 aliphatic carbocycles. The van der Waals surface area contributed by atoms with Crippen LogP contribution in [-0.2, 0) is 12.8 Å². The van der Waals surface area contributed by atoms with Gasteiger partial charge in [-0.2, -0.15) is 0 Å². The van der Waals surface area contributed by atoms with E-state index < -0.39 is 0 Å². The van der Waals surface area contributed by atoms with E-state index in [0.717, 1.165) is 24.8 Å². The number of anilines is 1. The minimum absolute atomic E-state index is 0.0684. The summed E-state index contributed by atoms with van der Waals surface area (Å²) >= 11 is 7.71. The highest BCUT2D eigenvalue weighted by molar-refractivity contribution is 7.17. The molecule has 1 aromatic heterocycles. The molecule has 4 nitrogen and oxygen atoms in total. The number of nitrogens with one attached hydrogen (secondary N) is 1. The molecule has 1 heterocycles. The Bertz CT molecular complexity index is 912. The molecule has 0 radical (unpaired) electrons. The second-order valence-corrected chi connectivity index (χ2v) is 10.2. The maximum atomic E-state index is 12.9. The highest BCUT2D eigenvalue weighted by Crippen LogP contribution is 2.44. The van der Waals surface area contributed by atoms with Gasteiger partial charge in [0.15, 0.2) is 0 Å². The summed E-state index contributed by atoms with van der Waals surface area (Å²) in [6, 6.07) is 6.95. The summed E-state index contributed by atoms with van der Waals surface area (Å²) in [7, 11) is 3.49. The first-order valence-electron chi connectivity index (χ1n) is 9.51. The molecule has 0 bridgehead atoms. The molecule has 0 unspecified atom stereocenters. The second-order valence-electron chi connectivity index (χ2n) is 8.65. The topological polar surface area (TPSA) is 49.4 Å². The molecule has 0 saturated carbocycles. The van der Waals surface area contributed by atoms with Gasteiger partial charge in [-0.3, -0.25) is 9.59 Å². The van der Waals surface area contributed by atoms with E-state index in [2.05, 4.69) is 26.1 Å². The van der Waals surface area contributed by atoms with Crippen LogP contribution in [0.2, 0.25) is 5.02 Å². The molecule has 2 amide bonds. The second kappa shape index (κ2) is 7.88. The van der Waals surface area contributed by atoms with E-state index >= 15 is 0 Å². The molecule has 150 valence electrons. The number of amides is 2. The summed E-state index contributed by atoms with van der Waals surface area (Å²) in [4.78, 5) is 28.5. The number of hydrogen-bond donors (Lipinski definition) is 1. The van der Waals surface area contributed by atoms with Crippen LogP contribution >= 0.6 is 22.9 Å². The van der Waals surface area contributed by atoms with Crippen LogP contribution in [0.25, 0.3) is 0 Å². The van der Waals surface area contributed by atoms with Crippen molar-refractivity contribution >= 4 is 39.8 Å². The average molecular weight is 419 g/mol. The largest absolute Gasteiger partial charge is 0.345 e. The third kappa shape index (κ3) is 4.11. The number of thiophene rings is 1. The minimum Gasteiger partial charge on any atom is -0.345 e. The van der Waals surface area contributed by atoms with Crippen molar-refractivity contribution in [3.8, 4) is 0 Å². The van der Waals surface area contributed by atoms with Crippen LogP contribution < -0.4 is 5.32 Å². The van der Waals surface area contributed by atoms with Gasteiger partial charge in [0, 0.05) is 19.0 Å². The van der Waals surface area contributed by atoms with Crippen LogP contribution in [0.4, 0.5) is 5.00 Å². The summed E-state index contributed by atoms with van der Waals surface area (Å²) in [5.74, 6) is 0.207. The lowest BCUT2D eigenvalue weighted by molar-refractivity contribution is 0.0827. The molecule has 1 N–H and O–H groups in total. The van der Waals surface area contributed by atoms with Crippen LogP contribution in [0.5, 0.6) is 0 Å². The number of carbonyl (C=O) groups excluding carboxylic acids is 2. The molecule has 2 aromatic rings. The molecule has 0 spiro atoms. The number of rotatable bonds is 3. The van der Waals surface area contributed by atoms with Gasteiger partial charge in [0.1, 0.15) is 5.00 Å². The van der Waals surface area contributed by atoms with Crippen molar-refractivity contribution in [2.75, 3.05) is 19.4 Å². The Hall–Kier alpha value is -1.85. The Kier molecular flexibility index (Phi) is 5.87. The van der Waals surface area contributed by atoms with E-state index in [1.807, 2.05) is 0 Å². The van der Waals surface area contributed by atoms with Gasteiger partial charge >= 0.3 is 0 Å². The summed E-state index contributed by atoms with van der Waals surface area (Å²) in [6.45, 7) is 6.80. The first-order valence-corrected chi connectivity index (χ1v) is 10.7. The molecule has 1 aromatic carbocycles. The first kappa shape index (κ1) is 20.9. The maximum absolute atomic E-state index is 12.9. The van der Waals surface area contributed by atoms with Crippen molar-refractivity contribution in [3.05, 3.63) is 50.9 Å². The lowest BCUT2D eigenvalue weighted by Gasteiger charge is -2.34. The Morgan fingerprint density at radius 2 is 1.89 bits per heavy atom. The minimum atomic E-state index is -0.288. The summed E-state index contributed by atoms with van der Waals surface area (Å²) < 4.78 is 0. The summed E-state index contributed by atoms with van der Waals surface area (Å²) in [5.41, 5.74) is 2.36. The Labute approximate surface area is 175 Å². The van der Waals surface area contributed by atoms with Crippen molar-refractivity contribution in [3.63, 3.8) is 0 Å². The smallest absolute Gasteiger partial charge is 0.257 e. The number of carbonyl (C=O) groups is 2. The number of hydrogen-bond acceptors (Lipinski definition) is 3. The van der Waals surface area contributed by atoms with Crippen LogP contribution in [0.3, 0.4) is 0 Å². The predicted molar refractivity (Wildman–Crippen MR) is 117 cm³/mol. The molecule has 28 heavy (non-hydrogen) atoms. The molecule has 0 saturated heterocycles. The van der Waals surface area contributed by atoms with Gasteiger partial charge < -0.3 is 10.2 Å². The van der Waals surface area contributed by atoms with Gasteiger partial charge in [-0.15, -0.1) is 11.3 Å². The normalized spacial score (nSPS) is 16.4. The van der Waals surface area contributed by atoms with Gasteiger partial charge in [-0.25, -0.2) is 0 Å². The molecule has 6 heteroatoms. The fourth-order valence-electron chi connectivity index (χ4n) is 3.68. The van der Waals surface area contributed by atoms with E-state index in [4.69, 9.17) is 11.6 Å². The number of nitrogens with zero attached hydrogens (tertiary/aromatic N) is 1. The lowest BCUT2D eigenvalue weighted by Crippen LogP contribution is -2.28. The molecule has 3 rings (SSSR count). The Balaban J connectivity index is 1.99. The SMILES string of the molecule is CN(C)C(=O)c1c(NC(=O)c2ccccc2Cl)sc2c1CC[C@H](C(C)(C)C)C2. The zero-order valence-electron chi connectivity index (χ0n) is 17.1. The van der Waals surface area contributed by atoms with Gasteiger partial charge in [0.2, 0.25) is 0 Å². The van der Waals surface area contributed by atoms with E-state index in [9.17, 15) is 9.59 Å². The van der Waals surface area contributed by atoms with Crippen LogP contribution in [0, 0.1) is 11.3 Å². The van der Waals surface area contributed by atoms with E-state index in [1.165, 1.54) is 16.2 Å². The standard InChI is InChI=1S/C22H27ClN2O2S/c1-22(2,3)13-10-11-15-17(12-13)28-20(18(15)21(27)25(4)5)24-19(26)14-8-6-7-9-16(14)23/h6-9,13H,10-12H2,1-5H3,(H,24,26)/t13-/m0/s1. The van der Waals surface area contributed by atoms with Crippen molar-refractivity contribution in [2.24, 2.45) is 11.3 Å².